The molecule has 0 radical (unpaired) electrons. The number of aryl methyl sites for hydroxylation is 1. The predicted octanol–water partition coefficient (Wildman–Crippen LogP) is 0.942. The molecule has 0 spiro atoms. The Morgan fingerprint density at radius 1 is 1.29 bits per heavy atom. The molecule has 2 heterocycles. The van der Waals surface area contributed by atoms with Crippen LogP contribution in [0.2, 0.25) is 0 Å². The van der Waals surface area contributed by atoms with Gasteiger partial charge in [0.2, 0.25) is 0 Å². The number of hydrogen-bond acceptors (Lipinski definition) is 4. The Balaban J connectivity index is 2.34. The summed E-state index contributed by atoms with van der Waals surface area (Å²) >= 11 is 0. The number of rotatable bonds is 2. The lowest BCUT2D eigenvalue weighted by Crippen LogP contribution is -1.93. The van der Waals surface area contributed by atoms with Gasteiger partial charge in [-0.25, -0.2) is 4.98 Å². The van der Waals surface area contributed by atoms with Crippen LogP contribution in [0.5, 0.6) is 0 Å². The van der Waals surface area contributed by atoms with Gasteiger partial charge in [0.25, 0.3) is 0 Å². The molecule has 2 aromatic heterocycles. The molecule has 5 nitrogen and oxygen atoms in total. The number of hydrogen-bond donors (Lipinski definition) is 1. The second kappa shape index (κ2) is 3.45. The molecule has 0 atom stereocenters. The second-order valence-electron chi connectivity index (χ2n) is 2.91. The second-order valence-corrected chi connectivity index (χ2v) is 2.91. The Kier molecular flexibility index (Phi) is 2.14. The molecule has 0 aliphatic carbocycles. The molecule has 0 bridgehead atoms. The Bertz CT molecular complexity index is 417. The van der Waals surface area contributed by atoms with Crippen LogP contribution < -0.4 is 5.73 Å². The van der Waals surface area contributed by atoms with Gasteiger partial charge in [-0.1, -0.05) is 0 Å². The number of nitrogens with two attached hydrogens (primary N) is 1. The first-order chi connectivity index (χ1) is 6.79. The van der Waals surface area contributed by atoms with E-state index in [0.29, 0.717) is 5.82 Å². The van der Waals surface area contributed by atoms with Gasteiger partial charge in [0.1, 0.15) is 5.82 Å². The van der Waals surface area contributed by atoms with Crippen molar-refractivity contribution < 1.29 is 0 Å². The highest BCUT2D eigenvalue weighted by atomic mass is 15.3. The summed E-state index contributed by atoms with van der Waals surface area (Å²) in [4.78, 5) is 8.12. The highest BCUT2D eigenvalue weighted by molar-refractivity contribution is 5.56. The maximum atomic E-state index is 5.44. The third-order valence-electron chi connectivity index (χ3n) is 1.92. The standard InChI is InChI=1S/C9H11N5/c1-2-14-6-7(3-13-14)8-4-12-9(10)5-11-8/h3-6H,2H2,1H3,(H2,10,12). The molecule has 14 heavy (non-hydrogen) atoms. The maximum Gasteiger partial charge on any atom is 0.141 e. The van der Waals surface area contributed by atoms with Crippen LogP contribution in [-0.4, -0.2) is 19.7 Å². The summed E-state index contributed by atoms with van der Waals surface area (Å²) in [6.45, 7) is 2.88. The van der Waals surface area contributed by atoms with Gasteiger partial charge in [-0.05, 0) is 6.92 Å². The Morgan fingerprint density at radius 2 is 2.14 bits per heavy atom. The van der Waals surface area contributed by atoms with Crippen molar-refractivity contribution in [2.24, 2.45) is 0 Å². The van der Waals surface area contributed by atoms with E-state index in [9.17, 15) is 0 Å². The van der Waals surface area contributed by atoms with Crippen LogP contribution in [0.4, 0.5) is 5.82 Å². The van der Waals surface area contributed by atoms with E-state index in [-0.39, 0.29) is 0 Å². The van der Waals surface area contributed by atoms with E-state index >= 15 is 0 Å². The van der Waals surface area contributed by atoms with E-state index in [1.54, 1.807) is 18.6 Å². The van der Waals surface area contributed by atoms with Crippen LogP contribution >= 0.6 is 0 Å². The smallest absolute Gasteiger partial charge is 0.141 e. The molecule has 0 amide bonds. The van der Waals surface area contributed by atoms with Crippen molar-refractivity contribution in [1.29, 1.82) is 0 Å². The lowest BCUT2D eigenvalue weighted by atomic mass is 10.3. The van der Waals surface area contributed by atoms with Crippen molar-refractivity contribution in [2.75, 3.05) is 5.73 Å². The van der Waals surface area contributed by atoms with E-state index in [1.807, 2.05) is 17.8 Å². The van der Waals surface area contributed by atoms with Crippen molar-refractivity contribution in [3.63, 3.8) is 0 Å². The number of nitrogens with zero attached hydrogens (tertiary/aromatic N) is 4. The fourth-order valence-electron chi connectivity index (χ4n) is 1.16. The first-order valence-corrected chi connectivity index (χ1v) is 4.40. The van der Waals surface area contributed by atoms with Crippen molar-refractivity contribution in [3.8, 4) is 11.3 Å². The minimum Gasteiger partial charge on any atom is -0.382 e. The van der Waals surface area contributed by atoms with E-state index in [2.05, 4.69) is 15.1 Å². The minimum absolute atomic E-state index is 0.427. The van der Waals surface area contributed by atoms with E-state index in [1.165, 1.54) is 0 Å². The van der Waals surface area contributed by atoms with Crippen LogP contribution in [0.3, 0.4) is 0 Å². The lowest BCUT2D eigenvalue weighted by molar-refractivity contribution is 0.660. The van der Waals surface area contributed by atoms with Gasteiger partial charge in [0, 0.05) is 18.3 Å². The van der Waals surface area contributed by atoms with Gasteiger partial charge in [-0.2, -0.15) is 5.10 Å². The Morgan fingerprint density at radius 3 is 2.71 bits per heavy atom. The summed E-state index contributed by atoms with van der Waals surface area (Å²) in [6, 6.07) is 0. The average molecular weight is 189 g/mol. The molecule has 0 saturated heterocycles. The molecule has 0 aliphatic heterocycles. The quantitative estimate of drug-likeness (QED) is 0.763. The van der Waals surface area contributed by atoms with Crippen molar-refractivity contribution in [3.05, 3.63) is 24.8 Å². The fourth-order valence-corrected chi connectivity index (χ4v) is 1.16. The largest absolute Gasteiger partial charge is 0.382 e. The summed E-state index contributed by atoms with van der Waals surface area (Å²) in [6.07, 6.45) is 6.88. The predicted molar refractivity (Wildman–Crippen MR) is 53.3 cm³/mol. The third-order valence-corrected chi connectivity index (χ3v) is 1.92. The fraction of sp³-hybridized carbons (Fsp3) is 0.222. The summed E-state index contributed by atoms with van der Waals surface area (Å²) in [7, 11) is 0. The summed E-state index contributed by atoms with van der Waals surface area (Å²) in [5.41, 5.74) is 7.19. The molecule has 5 heteroatoms. The van der Waals surface area contributed by atoms with Gasteiger partial charge in [0.15, 0.2) is 0 Å². The summed E-state index contributed by atoms with van der Waals surface area (Å²) < 4.78 is 1.84. The van der Waals surface area contributed by atoms with Gasteiger partial charge in [-0.3, -0.25) is 9.67 Å². The molecule has 2 N–H and O–H groups in total. The van der Waals surface area contributed by atoms with E-state index in [4.69, 9.17) is 5.73 Å². The van der Waals surface area contributed by atoms with Crippen molar-refractivity contribution in [1.82, 2.24) is 19.7 Å². The molecular weight excluding hydrogens is 178 g/mol. The zero-order valence-corrected chi connectivity index (χ0v) is 7.88. The molecule has 0 fully saturated rings. The van der Waals surface area contributed by atoms with Crippen molar-refractivity contribution in [2.45, 2.75) is 13.5 Å². The molecular formula is C9H11N5. The average Bonchev–Trinajstić information content (AvgIpc) is 2.67. The van der Waals surface area contributed by atoms with Crippen LogP contribution in [0, 0.1) is 0 Å². The van der Waals surface area contributed by atoms with Crippen LogP contribution in [-0.2, 0) is 6.54 Å². The first-order valence-electron chi connectivity index (χ1n) is 4.40. The van der Waals surface area contributed by atoms with E-state index < -0.39 is 0 Å². The molecule has 2 aromatic rings. The summed E-state index contributed by atoms with van der Waals surface area (Å²) in [5, 5.41) is 4.15. The van der Waals surface area contributed by atoms with Crippen molar-refractivity contribution >= 4 is 5.82 Å². The molecule has 72 valence electrons. The minimum atomic E-state index is 0.427. The lowest BCUT2D eigenvalue weighted by Gasteiger charge is -1.95. The Hall–Kier alpha value is -1.91. The number of aromatic nitrogens is 4. The first kappa shape index (κ1) is 8.68. The van der Waals surface area contributed by atoms with E-state index in [0.717, 1.165) is 17.8 Å². The maximum absolute atomic E-state index is 5.44. The number of nitrogen functional groups attached to an aromatic ring is 1. The Labute approximate surface area is 81.6 Å². The molecule has 0 saturated carbocycles. The van der Waals surface area contributed by atoms with Gasteiger partial charge in [0.05, 0.1) is 24.3 Å². The van der Waals surface area contributed by atoms with Crippen LogP contribution in [0.15, 0.2) is 24.8 Å². The normalized spacial score (nSPS) is 10.4. The monoisotopic (exact) mass is 189 g/mol. The molecule has 2 rings (SSSR count). The third kappa shape index (κ3) is 1.56. The number of anilines is 1. The van der Waals surface area contributed by atoms with Gasteiger partial charge >= 0.3 is 0 Å². The van der Waals surface area contributed by atoms with Crippen LogP contribution in [0.25, 0.3) is 11.3 Å². The topological polar surface area (TPSA) is 69.6 Å². The van der Waals surface area contributed by atoms with Crippen LogP contribution in [0.1, 0.15) is 6.92 Å². The zero-order valence-electron chi connectivity index (χ0n) is 7.88. The SMILES string of the molecule is CCn1cc(-c2cnc(N)cn2)cn1. The van der Waals surface area contributed by atoms with Gasteiger partial charge < -0.3 is 5.73 Å². The molecule has 0 aromatic carbocycles. The highest BCUT2D eigenvalue weighted by Crippen LogP contribution is 2.14. The highest BCUT2D eigenvalue weighted by Gasteiger charge is 2.02. The summed E-state index contributed by atoms with van der Waals surface area (Å²) in [5.74, 6) is 0.427. The molecule has 0 unspecified atom stereocenters. The molecule has 0 aliphatic rings. The van der Waals surface area contributed by atoms with Gasteiger partial charge in [-0.15, -0.1) is 0 Å². The zero-order chi connectivity index (χ0) is 9.97.